The van der Waals surface area contributed by atoms with Crippen molar-refractivity contribution in [2.24, 2.45) is 0 Å². The Labute approximate surface area is 278 Å². The Hall–Kier alpha value is -5.51. The third-order valence-corrected chi connectivity index (χ3v) is 9.12. The highest BCUT2D eigenvalue weighted by Crippen LogP contribution is 2.54. The molecule has 1 fully saturated rings. The van der Waals surface area contributed by atoms with Gasteiger partial charge in [0, 0.05) is 40.8 Å². The minimum Gasteiger partial charge on any atom is -0.496 e. The van der Waals surface area contributed by atoms with Crippen molar-refractivity contribution in [3.8, 4) is 40.6 Å². The van der Waals surface area contributed by atoms with Gasteiger partial charge in [-0.2, -0.15) is 5.26 Å². The van der Waals surface area contributed by atoms with Gasteiger partial charge in [0.25, 0.3) is 5.69 Å². The number of nitrogens with zero attached hydrogens (tertiary/aromatic N) is 4. The lowest BCUT2D eigenvalue weighted by Crippen LogP contribution is -2.39. The van der Waals surface area contributed by atoms with Crippen molar-refractivity contribution in [2.45, 2.75) is 58.2 Å². The standard InChI is InChI=1S/C35H38N4O9/c1-9-47-32-23(16-20(39(42)43)17-28(32)46-8)33-37(5)34(41)19(2)38(33)29(40)18-22-27(45-7)13-11-25-31(22)48-30-21(14-15-36)26(44-6)12-10-24(30)35(25,3)4/h10-13,16-17,19,33H,9,14,18H2,1-8H3/t19-,33+/m0/s1. The van der Waals surface area contributed by atoms with E-state index in [1.807, 2.05) is 32.0 Å². The minimum atomic E-state index is -1.05. The van der Waals surface area contributed by atoms with E-state index >= 15 is 0 Å². The first-order chi connectivity index (χ1) is 22.9. The predicted octanol–water partition coefficient (Wildman–Crippen LogP) is 5.45. The number of fused-ring (bicyclic) bond motifs is 2. The van der Waals surface area contributed by atoms with Crippen molar-refractivity contribution >= 4 is 17.5 Å². The van der Waals surface area contributed by atoms with Gasteiger partial charge in [0.05, 0.1) is 63.4 Å². The van der Waals surface area contributed by atoms with E-state index in [1.165, 1.54) is 50.3 Å². The van der Waals surface area contributed by atoms with E-state index in [0.717, 1.165) is 11.1 Å². The van der Waals surface area contributed by atoms with Crippen LogP contribution in [-0.2, 0) is 27.8 Å². The zero-order valence-electron chi connectivity index (χ0n) is 28.2. The highest BCUT2D eigenvalue weighted by molar-refractivity contribution is 5.93. The van der Waals surface area contributed by atoms with Crippen LogP contribution in [0.5, 0.6) is 34.5 Å². The number of amides is 2. The molecule has 48 heavy (non-hydrogen) atoms. The van der Waals surface area contributed by atoms with Gasteiger partial charge < -0.3 is 33.5 Å². The molecule has 252 valence electrons. The predicted molar refractivity (Wildman–Crippen MR) is 174 cm³/mol. The molecule has 2 atom stereocenters. The number of benzene rings is 3. The lowest BCUT2D eigenvalue weighted by Gasteiger charge is -2.37. The number of rotatable bonds is 10. The fourth-order valence-corrected chi connectivity index (χ4v) is 6.72. The fraction of sp³-hybridized carbons (Fsp3) is 0.400. The van der Waals surface area contributed by atoms with Crippen LogP contribution in [0.15, 0.2) is 36.4 Å². The van der Waals surface area contributed by atoms with Gasteiger partial charge in [-0.1, -0.05) is 26.0 Å². The summed E-state index contributed by atoms with van der Waals surface area (Å²) in [4.78, 5) is 42.1. The molecule has 0 aromatic heterocycles. The van der Waals surface area contributed by atoms with Crippen LogP contribution in [0.1, 0.15) is 61.7 Å². The molecule has 0 radical (unpaired) electrons. The minimum absolute atomic E-state index is 0.0340. The number of hydrogen-bond donors (Lipinski definition) is 0. The highest BCUT2D eigenvalue weighted by atomic mass is 16.6. The van der Waals surface area contributed by atoms with E-state index in [2.05, 4.69) is 6.07 Å². The summed E-state index contributed by atoms with van der Waals surface area (Å²) in [6.45, 7) is 7.63. The van der Waals surface area contributed by atoms with Crippen LogP contribution in [-0.4, -0.2) is 67.6 Å². The van der Waals surface area contributed by atoms with Crippen molar-refractivity contribution in [1.29, 1.82) is 5.26 Å². The quantitative estimate of drug-likeness (QED) is 0.203. The molecule has 13 heteroatoms. The highest BCUT2D eigenvalue weighted by Gasteiger charge is 2.48. The van der Waals surface area contributed by atoms with Gasteiger partial charge in [-0.25, -0.2) is 0 Å². The van der Waals surface area contributed by atoms with E-state index in [-0.39, 0.29) is 48.1 Å². The van der Waals surface area contributed by atoms with E-state index in [9.17, 15) is 25.0 Å². The van der Waals surface area contributed by atoms with Crippen LogP contribution < -0.4 is 23.7 Å². The average Bonchev–Trinajstić information content (AvgIpc) is 3.29. The summed E-state index contributed by atoms with van der Waals surface area (Å²) in [5.74, 6) is 1.25. The Morgan fingerprint density at radius 1 is 1.02 bits per heavy atom. The molecule has 1 saturated heterocycles. The summed E-state index contributed by atoms with van der Waals surface area (Å²) in [7, 11) is 5.92. The molecular weight excluding hydrogens is 620 g/mol. The lowest BCUT2D eigenvalue weighted by atomic mass is 9.74. The number of hydrogen-bond acceptors (Lipinski definition) is 10. The maximum Gasteiger partial charge on any atom is 0.273 e. The number of likely N-dealkylation sites (N-methyl/N-ethyl adjacent to an activating group) is 1. The summed E-state index contributed by atoms with van der Waals surface area (Å²) in [5.41, 5.74) is 2.03. The first kappa shape index (κ1) is 33.8. The Bertz CT molecular complexity index is 1850. The normalized spacial score (nSPS) is 17.5. The summed E-state index contributed by atoms with van der Waals surface area (Å²) in [6.07, 6.45) is -1.26. The smallest absolute Gasteiger partial charge is 0.273 e. The molecule has 2 heterocycles. The van der Waals surface area contributed by atoms with Crippen LogP contribution in [0, 0.1) is 21.4 Å². The zero-order valence-corrected chi connectivity index (χ0v) is 28.2. The molecular formula is C35H38N4O9. The first-order valence-electron chi connectivity index (χ1n) is 15.4. The van der Waals surface area contributed by atoms with Crippen LogP contribution in [0.25, 0.3) is 0 Å². The molecule has 0 unspecified atom stereocenters. The maximum absolute atomic E-state index is 14.5. The topological polar surface area (TPSA) is 154 Å². The molecule has 2 aliphatic rings. The van der Waals surface area contributed by atoms with Gasteiger partial charge in [-0.05, 0) is 26.0 Å². The SMILES string of the molecule is CCOc1c(OC)cc([N+](=O)[O-])cc1[C@@H]1N(C)C(=O)[C@H](C)N1C(=O)Cc1c(OC)ccc2c1Oc1c(ccc(OC)c1CC#N)C2(C)C. The van der Waals surface area contributed by atoms with Crippen molar-refractivity contribution < 1.29 is 38.2 Å². The lowest BCUT2D eigenvalue weighted by molar-refractivity contribution is -0.385. The summed E-state index contributed by atoms with van der Waals surface area (Å²) < 4.78 is 29.3. The van der Waals surface area contributed by atoms with Crippen LogP contribution >= 0.6 is 0 Å². The number of nitro benzene ring substituents is 1. The van der Waals surface area contributed by atoms with Crippen molar-refractivity contribution in [3.05, 3.63) is 74.3 Å². The van der Waals surface area contributed by atoms with Gasteiger partial charge in [0.2, 0.25) is 11.8 Å². The second-order valence-corrected chi connectivity index (χ2v) is 12.0. The molecule has 2 amide bonds. The second-order valence-electron chi connectivity index (χ2n) is 12.0. The van der Waals surface area contributed by atoms with Gasteiger partial charge in [-0.15, -0.1) is 0 Å². The number of carbonyl (C=O) groups is 2. The maximum atomic E-state index is 14.5. The van der Waals surface area contributed by atoms with E-state index < -0.39 is 28.5 Å². The number of carbonyl (C=O) groups excluding carboxylic acids is 2. The Morgan fingerprint density at radius 3 is 2.15 bits per heavy atom. The fourth-order valence-electron chi connectivity index (χ4n) is 6.72. The van der Waals surface area contributed by atoms with Crippen LogP contribution in [0.3, 0.4) is 0 Å². The number of non-ortho nitro benzene ring substituents is 1. The summed E-state index contributed by atoms with van der Waals surface area (Å²) in [6, 6.07) is 11.2. The molecule has 0 spiro atoms. The molecule has 0 bridgehead atoms. The van der Waals surface area contributed by atoms with Crippen molar-refractivity contribution in [2.75, 3.05) is 35.0 Å². The van der Waals surface area contributed by atoms with Gasteiger partial charge in [-0.3, -0.25) is 19.7 Å². The average molecular weight is 659 g/mol. The number of nitriles is 1. The Balaban J connectivity index is 1.66. The Kier molecular flexibility index (Phi) is 9.13. The van der Waals surface area contributed by atoms with E-state index in [0.29, 0.717) is 34.1 Å². The van der Waals surface area contributed by atoms with Gasteiger partial charge in [0.1, 0.15) is 35.2 Å². The van der Waals surface area contributed by atoms with Crippen molar-refractivity contribution in [3.63, 3.8) is 0 Å². The number of nitro groups is 1. The Morgan fingerprint density at radius 2 is 1.60 bits per heavy atom. The van der Waals surface area contributed by atoms with Crippen LogP contribution in [0.2, 0.25) is 0 Å². The van der Waals surface area contributed by atoms with Gasteiger partial charge in [0.15, 0.2) is 11.5 Å². The molecule has 5 rings (SSSR count). The van der Waals surface area contributed by atoms with Crippen molar-refractivity contribution in [1.82, 2.24) is 9.80 Å². The molecule has 0 N–H and O–H groups in total. The molecule has 2 aliphatic heterocycles. The molecule has 3 aromatic carbocycles. The first-order valence-corrected chi connectivity index (χ1v) is 15.4. The summed E-state index contributed by atoms with van der Waals surface area (Å²) in [5, 5.41) is 21.6. The monoisotopic (exact) mass is 658 g/mol. The number of ether oxygens (including phenoxy) is 5. The number of methoxy groups -OCH3 is 3. The van der Waals surface area contributed by atoms with Gasteiger partial charge >= 0.3 is 0 Å². The molecule has 0 saturated carbocycles. The van der Waals surface area contributed by atoms with Crippen LogP contribution in [0.4, 0.5) is 5.69 Å². The largest absolute Gasteiger partial charge is 0.496 e. The van der Waals surface area contributed by atoms with E-state index in [4.69, 9.17) is 23.7 Å². The summed E-state index contributed by atoms with van der Waals surface area (Å²) >= 11 is 0. The third kappa shape index (κ3) is 5.36. The second kappa shape index (κ2) is 12.9. The molecule has 3 aromatic rings. The van der Waals surface area contributed by atoms with E-state index in [1.54, 1.807) is 19.9 Å². The molecule has 0 aliphatic carbocycles. The zero-order chi connectivity index (χ0) is 35.1. The molecule has 13 nitrogen and oxygen atoms in total. The third-order valence-electron chi connectivity index (χ3n) is 9.12.